The third-order valence-electron chi connectivity index (χ3n) is 4.33. The van der Waals surface area contributed by atoms with E-state index in [1.165, 1.54) is 6.42 Å². The molecular weight excluding hydrogens is 226 g/mol. The molecule has 2 saturated carbocycles. The maximum absolute atomic E-state index is 12.2. The predicted octanol–water partition coefficient (Wildman–Crippen LogP) is 2.55. The molecule has 0 spiro atoms. The van der Waals surface area contributed by atoms with E-state index in [9.17, 15) is 4.79 Å². The van der Waals surface area contributed by atoms with Gasteiger partial charge >= 0.3 is 0 Å². The summed E-state index contributed by atoms with van der Waals surface area (Å²) in [7, 11) is 0. The molecule has 0 aliphatic heterocycles. The van der Waals surface area contributed by atoms with Crippen LogP contribution in [0.4, 0.5) is 5.82 Å². The highest BCUT2D eigenvalue weighted by Crippen LogP contribution is 2.54. The number of aromatic nitrogens is 2. The van der Waals surface area contributed by atoms with Crippen LogP contribution >= 0.6 is 0 Å². The zero-order valence-electron chi connectivity index (χ0n) is 10.0. The Kier molecular flexibility index (Phi) is 2.01. The Bertz CT molecular complexity index is 608. The first-order chi connectivity index (χ1) is 8.81. The molecule has 4 rings (SSSR count). The van der Waals surface area contributed by atoms with Gasteiger partial charge in [-0.2, -0.15) is 5.10 Å². The minimum Gasteiger partial charge on any atom is -0.308 e. The van der Waals surface area contributed by atoms with Crippen molar-refractivity contribution in [3.05, 3.63) is 24.3 Å². The van der Waals surface area contributed by atoms with E-state index >= 15 is 0 Å². The molecule has 2 atom stereocenters. The van der Waals surface area contributed by atoms with Crippen molar-refractivity contribution >= 4 is 22.6 Å². The quantitative estimate of drug-likeness (QED) is 0.848. The van der Waals surface area contributed by atoms with Gasteiger partial charge in [0.15, 0.2) is 5.82 Å². The average molecular weight is 241 g/mol. The molecule has 2 N–H and O–H groups in total. The van der Waals surface area contributed by atoms with E-state index in [-0.39, 0.29) is 11.8 Å². The lowest BCUT2D eigenvalue weighted by molar-refractivity contribution is -0.120. The molecule has 1 amide bonds. The fourth-order valence-corrected chi connectivity index (χ4v) is 3.21. The second-order valence-corrected chi connectivity index (χ2v) is 5.53. The summed E-state index contributed by atoms with van der Waals surface area (Å²) in [6.45, 7) is 0. The Hall–Kier alpha value is -1.84. The number of amides is 1. The first-order valence-corrected chi connectivity index (χ1v) is 6.55. The highest BCUT2D eigenvalue weighted by Gasteiger charge is 2.48. The van der Waals surface area contributed by atoms with E-state index in [1.54, 1.807) is 0 Å². The molecule has 18 heavy (non-hydrogen) atoms. The molecule has 2 unspecified atom stereocenters. The van der Waals surface area contributed by atoms with Gasteiger partial charge in [0.25, 0.3) is 0 Å². The van der Waals surface area contributed by atoms with Gasteiger partial charge in [-0.3, -0.25) is 9.89 Å². The first kappa shape index (κ1) is 10.1. The molecule has 2 fully saturated rings. The number of hydrogen-bond donors (Lipinski definition) is 2. The lowest BCUT2D eigenvalue weighted by Gasteiger charge is -2.10. The molecule has 0 radical (unpaired) electrons. The summed E-state index contributed by atoms with van der Waals surface area (Å²) in [5.41, 5.74) is 0.960. The molecule has 1 aromatic heterocycles. The normalized spacial score (nSPS) is 29.2. The van der Waals surface area contributed by atoms with Crippen LogP contribution in [0, 0.1) is 17.8 Å². The minimum absolute atomic E-state index is 0.138. The van der Waals surface area contributed by atoms with Crippen LogP contribution in [0.15, 0.2) is 24.3 Å². The number of carbonyl (C=O) groups is 1. The first-order valence-electron chi connectivity index (χ1n) is 6.55. The van der Waals surface area contributed by atoms with Gasteiger partial charge in [-0.1, -0.05) is 12.1 Å². The van der Waals surface area contributed by atoms with E-state index in [2.05, 4.69) is 15.5 Å². The van der Waals surface area contributed by atoms with Crippen molar-refractivity contribution in [2.45, 2.75) is 19.3 Å². The summed E-state index contributed by atoms with van der Waals surface area (Å²) in [4.78, 5) is 12.2. The number of fused-ring (bicyclic) bond motifs is 2. The summed E-state index contributed by atoms with van der Waals surface area (Å²) in [5.74, 6) is 2.66. The molecular formula is C14H15N3O. The van der Waals surface area contributed by atoms with Crippen molar-refractivity contribution in [2.75, 3.05) is 5.32 Å². The number of para-hydroxylation sites is 1. The lowest BCUT2D eigenvalue weighted by Crippen LogP contribution is -2.21. The zero-order chi connectivity index (χ0) is 12.1. The van der Waals surface area contributed by atoms with Crippen LogP contribution in [0.2, 0.25) is 0 Å². The van der Waals surface area contributed by atoms with Gasteiger partial charge in [0.1, 0.15) is 0 Å². The number of anilines is 1. The van der Waals surface area contributed by atoms with Crippen molar-refractivity contribution in [2.24, 2.45) is 17.8 Å². The largest absolute Gasteiger partial charge is 0.308 e. The second kappa shape index (κ2) is 3.57. The Labute approximate surface area is 105 Å². The van der Waals surface area contributed by atoms with Gasteiger partial charge in [0.05, 0.1) is 5.52 Å². The van der Waals surface area contributed by atoms with Crippen molar-refractivity contribution in [1.82, 2.24) is 10.2 Å². The van der Waals surface area contributed by atoms with Crippen LogP contribution in [0.5, 0.6) is 0 Å². The minimum atomic E-state index is 0.138. The van der Waals surface area contributed by atoms with Crippen LogP contribution in [0.25, 0.3) is 10.9 Å². The van der Waals surface area contributed by atoms with E-state index in [0.717, 1.165) is 35.6 Å². The molecule has 0 bridgehead atoms. The highest BCUT2D eigenvalue weighted by atomic mass is 16.2. The van der Waals surface area contributed by atoms with Gasteiger partial charge in [-0.05, 0) is 43.2 Å². The van der Waals surface area contributed by atoms with Gasteiger partial charge in [0.2, 0.25) is 5.91 Å². The van der Waals surface area contributed by atoms with E-state index < -0.39 is 0 Å². The summed E-state index contributed by atoms with van der Waals surface area (Å²) >= 11 is 0. The number of benzene rings is 1. The van der Waals surface area contributed by atoms with Crippen molar-refractivity contribution in [1.29, 1.82) is 0 Å². The lowest BCUT2D eigenvalue weighted by atomic mass is 10.0. The summed E-state index contributed by atoms with van der Waals surface area (Å²) < 4.78 is 0. The van der Waals surface area contributed by atoms with Gasteiger partial charge in [0, 0.05) is 11.3 Å². The van der Waals surface area contributed by atoms with Crippen molar-refractivity contribution < 1.29 is 4.79 Å². The third-order valence-corrected chi connectivity index (χ3v) is 4.33. The topological polar surface area (TPSA) is 57.8 Å². The maximum atomic E-state index is 12.2. The number of rotatable bonds is 2. The van der Waals surface area contributed by atoms with Gasteiger partial charge in [-0.25, -0.2) is 0 Å². The van der Waals surface area contributed by atoms with E-state index in [4.69, 9.17) is 0 Å². The van der Waals surface area contributed by atoms with Crippen LogP contribution < -0.4 is 5.32 Å². The number of aromatic amines is 1. The van der Waals surface area contributed by atoms with Crippen molar-refractivity contribution in [3.63, 3.8) is 0 Å². The standard InChI is InChI=1S/C14H15N3O/c18-14(10-6-8-5-9(8)7-10)15-13-11-3-1-2-4-12(11)16-17-13/h1-4,8-10H,5-7H2,(H2,15,16,17,18). The molecule has 1 heterocycles. The van der Waals surface area contributed by atoms with Crippen LogP contribution in [-0.2, 0) is 4.79 Å². The second-order valence-electron chi connectivity index (χ2n) is 5.53. The van der Waals surface area contributed by atoms with Crippen LogP contribution in [0.1, 0.15) is 19.3 Å². The van der Waals surface area contributed by atoms with E-state index in [0.29, 0.717) is 5.82 Å². The molecule has 1 aromatic carbocycles. The zero-order valence-corrected chi connectivity index (χ0v) is 10.0. The van der Waals surface area contributed by atoms with Gasteiger partial charge < -0.3 is 5.32 Å². The number of nitrogens with one attached hydrogen (secondary N) is 2. The Balaban J connectivity index is 1.55. The number of H-pyrrole nitrogens is 1. The van der Waals surface area contributed by atoms with Crippen LogP contribution in [-0.4, -0.2) is 16.1 Å². The smallest absolute Gasteiger partial charge is 0.228 e. The molecule has 4 heteroatoms. The SMILES string of the molecule is O=C(Nc1n[nH]c2ccccc12)C1CC2CC2C1. The maximum Gasteiger partial charge on any atom is 0.228 e. The third kappa shape index (κ3) is 1.52. The number of hydrogen-bond acceptors (Lipinski definition) is 2. The number of carbonyl (C=O) groups excluding carboxylic acids is 1. The Morgan fingerprint density at radius 1 is 1.22 bits per heavy atom. The van der Waals surface area contributed by atoms with Gasteiger partial charge in [-0.15, -0.1) is 0 Å². The molecule has 2 aliphatic carbocycles. The van der Waals surface area contributed by atoms with E-state index in [1.807, 2.05) is 24.3 Å². The monoisotopic (exact) mass is 241 g/mol. The fourth-order valence-electron chi connectivity index (χ4n) is 3.21. The molecule has 2 aromatic rings. The summed E-state index contributed by atoms with van der Waals surface area (Å²) in [5, 5.41) is 11.1. The van der Waals surface area contributed by atoms with Crippen molar-refractivity contribution in [3.8, 4) is 0 Å². The number of nitrogens with zero attached hydrogens (tertiary/aromatic N) is 1. The Morgan fingerprint density at radius 3 is 2.83 bits per heavy atom. The average Bonchev–Trinajstić information content (AvgIpc) is 2.84. The highest BCUT2D eigenvalue weighted by molar-refractivity contribution is 6.00. The summed E-state index contributed by atoms with van der Waals surface area (Å²) in [6.07, 6.45) is 3.48. The fraction of sp³-hybridized carbons (Fsp3) is 0.429. The molecule has 92 valence electrons. The molecule has 4 nitrogen and oxygen atoms in total. The van der Waals surface area contributed by atoms with Crippen LogP contribution in [0.3, 0.4) is 0 Å². The molecule has 0 saturated heterocycles. The Morgan fingerprint density at radius 2 is 2.00 bits per heavy atom. The molecule has 2 aliphatic rings. The predicted molar refractivity (Wildman–Crippen MR) is 69.0 cm³/mol. The summed E-state index contributed by atoms with van der Waals surface area (Å²) in [6, 6.07) is 7.85.